The lowest BCUT2D eigenvalue weighted by Crippen LogP contribution is -2.47. The predicted molar refractivity (Wildman–Crippen MR) is 134 cm³/mol. The molecule has 1 unspecified atom stereocenters. The highest BCUT2D eigenvalue weighted by Crippen LogP contribution is 2.39. The molecule has 2 aromatic carbocycles. The number of para-hydroxylation sites is 1. The van der Waals surface area contributed by atoms with Gasteiger partial charge in [-0.05, 0) is 41.8 Å². The van der Waals surface area contributed by atoms with Crippen molar-refractivity contribution in [1.29, 1.82) is 0 Å². The molecule has 0 saturated carbocycles. The quantitative estimate of drug-likeness (QED) is 0.519. The first-order valence-electron chi connectivity index (χ1n) is 11.9. The van der Waals surface area contributed by atoms with Crippen LogP contribution in [0, 0.1) is 0 Å². The molecule has 1 fully saturated rings. The third-order valence-corrected chi connectivity index (χ3v) is 7.58. The summed E-state index contributed by atoms with van der Waals surface area (Å²) in [5, 5.41) is 8.58. The fraction of sp³-hybridized carbons (Fsp3) is 0.308. The second kappa shape index (κ2) is 7.84. The Morgan fingerprint density at radius 2 is 1.92 bits per heavy atom. The van der Waals surface area contributed by atoms with Crippen LogP contribution in [0.4, 0.5) is 11.4 Å². The van der Waals surface area contributed by atoms with Gasteiger partial charge < -0.3 is 20.9 Å². The minimum absolute atomic E-state index is 0.0629. The molecular weight excluding hydrogens is 460 g/mol. The normalized spacial score (nSPS) is 20.8. The number of likely N-dealkylation sites (N-methyl/N-ethyl adjacent to an activating group) is 1. The van der Waals surface area contributed by atoms with E-state index in [9.17, 15) is 19.2 Å². The number of fused-ring (bicyclic) bond motifs is 1. The number of nitrogens with one attached hydrogen (secondary N) is 3. The van der Waals surface area contributed by atoms with Gasteiger partial charge in [0.1, 0.15) is 17.9 Å². The molecule has 1 atom stereocenters. The number of carbonyl (C=O) groups excluding carboxylic acids is 3. The van der Waals surface area contributed by atoms with E-state index >= 15 is 0 Å². The molecule has 2 aliphatic heterocycles. The Bertz CT molecular complexity index is 1550. The molecule has 3 aliphatic rings. The average Bonchev–Trinajstić information content (AvgIpc) is 3.41. The number of aromatic nitrogens is 2. The van der Waals surface area contributed by atoms with Gasteiger partial charge >= 0.3 is 5.69 Å². The molecule has 10 nitrogen and oxygen atoms in total. The highest BCUT2D eigenvalue weighted by Gasteiger charge is 2.52. The van der Waals surface area contributed by atoms with E-state index in [0.717, 1.165) is 11.1 Å². The molecule has 3 heterocycles. The van der Waals surface area contributed by atoms with E-state index in [0.29, 0.717) is 60.5 Å². The van der Waals surface area contributed by atoms with E-state index in [1.165, 1.54) is 4.57 Å². The topological polar surface area (TPSA) is 117 Å². The molecule has 1 saturated heterocycles. The molecule has 184 valence electrons. The summed E-state index contributed by atoms with van der Waals surface area (Å²) in [6.45, 7) is 4.16. The van der Waals surface area contributed by atoms with Gasteiger partial charge in [0.15, 0.2) is 0 Å². The first-order valence-corrected chi connectivity index (χ1v) is 11.9. The van der Waals surface area contributed by atoms with Gasteiger partial charge in [-0.15, -0.1) is 0 Å². The standard InChI is InChI=1S/C26H26N6O4/c1-15-27-24(35)26(30(15)2)12-16-8-9-18(11-17(16)13-26)28-22(34)14-32-20-6-3-5-19-23(20)31(25(32)36)10-4-7-21(33)29-19/h3,5-6,8-9,11H,1,4,7,10,12-14H2,2H3,(H,27,35)(H,28,34)(H,29,33). The number of aryl methyl sites for hydroxylation is 1. The van der Waals surface area contributed by atoms with Crippen molar-refractivity contribution in [2.24, 2.45) is 0 Å². The van der Waals surface area contributed by atoms with E-state index < -0.39 is 5.54 Å². The molecule has 10 heteroatoms. The number of nitrogens with zero attached hydrogens (tertiary/aromatic N) is 3. The number of benzene rings is 2. The maximum atomic E-state index is 13.2. The number of hydrogen-bond donors (Lipinski definition) is 3. The maximum Gasteiger partial charge on any atom is 0.329 e. The Hall–Kier alpha value is -4.34. The van der Waals surface area contributed by atoms with Gasteiger partial charge in [-0.3, -0.25) is 23.5 Å². The van der Waals surface area contributed by atoms with Crippen molar-refractivity contribution in [2.45, 2.75) is 44.3 Å². The van der Waals surface area contributed by atoms with Crippen LogP contribution >= 0.6 is 0 Å². The lowest BCUT2D eigenvalue weighted by molar-refractivity contribution is -0.126. The van der Waals surface area contributed by atoms with E-state index in [1.54, 1.807) is 22.8 Å². The lowest BCUT2D eigenvalue weighted by atomic mass is 9.95. The zero-order chi connectivity index (χ0) is 25.2. The van der Waals surface area contributed by atoms with Crippen LogP contribution in [0.15, 0.2) is 53.6 Å². The van der Waals surface area contributed by atoms with E-state index in [-0.39, 0.29) is 30.0 Å². The molecule has 0 radical (unpaired) electrons. The molecule has 3 aromatic rings. The van der Waals surface area contributed by atoms with Gasteiger partial charge in [0.25, 0.3) is 5.91 Å². The lowest BCUT2D eigenvalue weighted by Gasteiger charge is -2.29. The van der Waals surface area contributed by atoms with E-state index in [2.05, 4.69) is 22.5 Å². The minimum atomic E-state index is -0.686. The number of hydrogen-bond acceptors (Lipinski definition) is 5. The van der Waals surface area contributed by atoms with Crippen LogP contribution in [-0.2, 0) is 40.3 Å². The first-order chi connectivity index (χ1) is 17.3. The summed E-state index contributed by atoms with van der Waals surface area (Å²) in [5.41, 5.74) is 3.50. The van der Waals surface area contributed by atoms with Crippen molar-refractivity contribution in [3.05, 3.63) is 70.4 Å². The minimum Gasteiger partial charge on any atom is -0.346 e. The monoisotopic (exact) mass is 486 g/mol. The third-order valence-electron chi connectivity index (χ3n) is 7.58. The van der Waals surface area contributed by atoms with Gasteiger partial charge in [0.05, 0.1) is 16.7 Å². The molecule has 6 rings (SSSR count). The number of carbonyl (C=O) groups is 3. The van der Waals surface area contributed by atoms with Crippen molar-refractivity contribution in [3.63, 3.8) is 0 Å². The molecule has 3 N–H and O–H groups in total. The first kappa shape index (κ1) is 22.1. The Balaban J connectivity index is 1.25. The van der Waals surface area contributed by atoms with Gasteiger partial charge in [0.2, 0.25) is 11.8 Å². The molecule has 3 amide bonds. The highest BCUT2D eigenvalue weighted by molar-refractivity contribution is 6.01. The maximum absolute atomic E-state index is 13.2. The Morgan fingerprint density at radius 3 is 2.69 bits per heavy atom. The SMILES string of the molecule is C=C1NC(=O)C2(Cc3ccc(NC(=O)Cn4c(=O)n5c6c(cccc64)NC(=O)CCC5)cc3C2)N1C. The molecule has 1 aliphatic carbocycles. The van der Waals surface area contributed by atoms with E-state index in [4.69, 9.17) is 0 Å². The third kappa shape index (κ3) is 3.24. The largest absolute Gasteiger partial charge is 0.346 e. The predicted octanol–water partition coefficient (Wildman–Crippen LogP) is 1.54. The van der Waals surface area contributed by atoms with Crippen molar-refractivity contribution in [3.8, 4) is 0 Å². The smallest absolute Gasteiger partial charge is 0.329 e. The van der Waals surface area contributed by atoms with Crippen LogP contribution in [0.25, 0.3) is 11.0 Å². The second-order valence-electron chi connectivity index (χ2n) is 9.72. The van der Waals surface area contributed by atoms with Crippen LogP contribution in [0.2, 0.25) is 0 Å². The number of amides is 3. The summed E-state index contributed by atoms with van der Waals surface area (Å²) in [5.74, 6) is 0.101. The Labute approximate surface area is 206 Å². The highest BCUT2D eigenvalue weighted by atomic mass is 16.2. The van der Waals surface area contributed by atoms with Gasteiger partial charge in [-0.2, -0.15) is 0 Å². The second-order valence-corrected chi connectivity index (χ2v) is 9.72. The van der Waals surface area contributed by atoms with Crippen molar-refractivity contribution >= 4 is 40.1 Å². The summed E-state index contributed by atoms with van der Waals surface area (Å²) in [6.07, 6.45) is 1.97. The van der Waals surface area contributed by atoms with Crippen LogP contribution < -0.4 is 21.6 Å². The van der Waals surface area contributed by atoms with Gasteiger partial charge in [0, 0.05) is 38.5 Å². The molecule has 1 aromatic heterocycles. The number of anilines is 2. The average molecular weight is 487 g/mol. The summed E-state index contributed by atoms with van der Waals surface area (Å²) in [6, 6.07) is 11.0. The molecular formula is C26H26N6O4. The Morgan fingerprint density at radius 1 is 1.11 bits per heavy atom. The molecule has 1 spiro atoms. The van der Waals surface area contributed by atoms with Crippen molar-refractivity contribution in [1.82, 2.24) is 19.4 Å². The zero-order valence-corrected chi connectivity index (χ0v) is 19.9. The summed E-state index contributed by atoms with van der Waals surface area (Å²) in [7, 11) is 1.86. The molecule has 36 heavy (non-hydrogen) atoms. The van der Waals surface area contributed by atoms with Gasteiger partial charge in [-0.1, -0.05) is 18.7 Å². The van der Waals surface area contributed by atoms with Crippen LogP contribution in [0.5, 0.6) is 0 Å². The van der Waals surface area contributed by atoms with Crippen molar-refractivity contribution in [2.75, 3.05) is 17.7 Å². The number of imidazole rings is 1. The van der Waals surface area contributed by atoms with Crippen LogP contribution in [-0.4, -0.2) is 44.3 Å². The van der Waals surface area contributed by atoms with Crippen LogP contribution in [0.1, 0.15) is 24.0 Å². The molecule has 0 bridgehead atoms. The van der Waals surface area contributed by atoms with Crippen LogP contribution in [0.3, 0.4) is 0 Å². The summed E-state index contributed by atoms with van der Waals surface area (Å²) >= 11 is 0. The number of rotatable bonds is 3. The fourth-order valence-electron chi connectivity index (χ4n) is 5.67. The van der Waals surface area contributed by atoms with E-state index in [1.807, 2.05) is 30.1 Å². The Kier molecular flexibility index (Phi) is 4.82. The fourth-order valence-corrected chi connectivity index (χ4v) is 5.67. The summed E-state index contributed by atoms with van der Waals surface area (Å²) < 4.78 is 3.07. The summed E-state index contributed by atoms with van der Waals surface area (Å²) in [4.78, 5) is 52.9. The van der Waals surface area contributed by atoms with Crippen molar-refractivity contribution < 1.29 is 14.4 Å². The van der Waals surface area contributed by atoms with Gasteiger partial charge in [-0.25, -0.2) is 4.79 Å². The zero-order valence-electron chi connectivity index (χ0n) is 19.9.